The van der Waals surface area contributed by atoms with E-state index >= 15 is 0 Å². The minimum Gasteiger partial charge on any atom is -0.481 e. The molecule has 12 heteroatoms. The van der Waals surface area contributed by atoms with Crippen LogP contribution in [0.2, 0.25) is 0 Å². The molecule has 0 atom stereocenters. The van der Waals surface area contributed by atoms with Crippen molar-refractivity contribution in [3.63, 3.8) is 0 Å². The number of anilines is 1. The van der Waals surface area contributed by atoms with Gasteiger partial charge in [-0.3, -0.25) is 9.69 Å². The molecule has 2 amide bonds. The number of carboxylic acid groups (broad SMARTS) is 3. The number of hydrogen-bond donors (Lipinski definition) is 4. The number of thiophene rings is 1. The summed E-state index contributed by atoms with van der Waals surface area (Å²) >= 11 is 4.35. The first-order chi connectivity index (χ1) is 18.2. The molecule has 0 radical (unpaired) electrons. The van der Waals surface area contributed by atoms with Gasteiger partial charge in [-0.15, -0.1) is 11.3 Å². The second-order valence-corrected chi connectivity index (χ2v) is 10.9. The molecule has 1 saturated carbocycles. The predicted octanol–water partition coefficient (Wildman–Crippen LogP) is 5.83. The van der Waals surface area contributed by atoms with Gasteiger partial charge in [-0.1, -0.05) is 37.8 Å². The van der Waals surface area contributed by atoms with E-state index in [1.165, 1.54) is 0 Å². The number of hydrogen-bond acceptors (Lipinski definition) is 6. The Morgan fingerprint density at radius 2 is 1.76 bits per heavy atom. The summed E-state index contributed by atoms with van der Waals surface area (Å²) in [5, 5.41) is 30.4. The number of urea groups is 1. The van der Waals surface area contributed by atoms with Crippen LogP contribution in [0.3, 0.4) is 0 Å². The van der Waals surface area contributed by atoms with Crippen molar-refractivity contribution in [3.05, 3.63) is 33.6 Å². The largest absolute Gasteiger partial charge is 0.481 e. The summed E-state index contributed by atoms with van der Waals surface area (Å²) in [5.74, 6) is -3.33. The lowest BCUT2D eigenvalue weighted by Crippen LogP contribution is -2.47. The van der Waals surface area contributed by atoms with Gasteiger partial charge in [0.2, 0.25) is 0 Å². The molecule has 3 rings (SSSR count). The van der Waals surface area contributed by atoms with E-state index in [1.807, 2.05) is 12.1 Å². The zero-order valence-electron chi connectivity index (χ0n) is 20.8. The lowest BCUT2D eigenvalue weighted by Gasteiger charge is -2.34. The van der Waals surface area contributed by atoms with Gasteiger partial charge in [0.25, 0.3) is 0 Å². The lowest BCUT2D eigenvalue weighted by atomic mass is 9.94. The van der Waals surface area contributed by atoms with Gasteiger partial charge >= 0.3 is 23.9 Å². The van der Waals surface area contributed by atoms with E-state index in [9.17, 15) is 24.3 Å². The standard InChI is InChI=1S/C26H31BrN2O8S/c27-21-22(37-15-20(32)33)24(25(34)35)38-23(21)16-8-7-11-18(14-16)29(17-9-3-1-4-10-17)26(36)28-13-6-2-5-12-19(30)31/h7-8,11,14,17H,1-6,9-10,12-13,15H2,(H,28,36)(H,30,31)(H,32,33)(H,34,35). The van der Waals surface area contributed by atoms with Crippen LogP contribution in [-0.2, 0) is 9.59 Å². The van der Waals surface area contributed by atoms with Crippen LogP contribution in [0.25, 0.3) is 10.4 Å². The molecule has 0 spiro atoms. The highest BCUT2D eigenvalue weighted by molar-refractivity contribution is 9.10. The molecular formula is C26H31BrN2O8S. The summed E-state index contributed by atoms with van der Waals surface area (Å²) in [6.07, 6.45) is 6.95. The molecule has 1 aromatic heterocycles. The maximum Gasteiger partial charge on any atom is 0.349 e. The number of carbonyl (C=O) groups excluding carboxylic acids is 1. The fourth-order valence-corrected chi connectivity index (χ4v) is 6.36. The van der Waals surface area contributed by atoms with Crippen LogP contribution in [0.4, 0.5) is 10.5 Å². The summed E-state index contributed by atoms with van der Waals surface area (Å²) in [6, 6.07) is 7.04. The van der Waals surface area contributed by atoms with Gasteiger partial charge in [0.15, 0.2) is 17.2 Å². The number of aromatic carboxylic acids is 1. The molecule has 2 aromatic rings. The summed E-state index contributed by atoms with van der Waals surface area (Å²) in [5.41, 5.74) is 1.33. The molecule has 1 heterocycles. The maximum absolute atomic E-state index is 13.4. The monoisotopic (exact) mass is 610 g/mol. The van der Waals surface area contributed by atoms with Crippen LogP contribution in [0.5, 0.6) is 5.75 Å². The number of unbranched alkanes of at least 4 members (excludes halogenated alkanes) is 2. The number of amides is 2. The van der Waals surface area contributed by atoms with E-state index in [0.717, 1.165) is 43.4 Å². The summed E-state index contributed by atoms with van der Waals surface area (Å²) in [6.45, 7) is -0.245. The van der Waals surface area contributed by atoms with Gasteiger partial charge in [-0.2, -0.15) is 0 Å². The van der Waals surface area contributed by atoms with Gasteiger partial charge in [0.1, 0.15) is 0 Å². The molecule has 206 valence electrons. The highest BCUT2D eigenvalue weighted by Gasteiger charge is 2.28. The SMILES string of the molecule is O=C(O)CCCCCNC(=O)N(c1cccc(-c2sc(C(=O)O)c(OCC(=O)O)c2Br)c1)C1CCCCC1. The quantitative estimate of drug-likeness (QED) is 0.206. The number of carboxylic acids is 3. The summed E-state index contributed by atoms with van der Waals surface area (Å²) in [7, 11) is 0. The van der Waals surface area contributed by atoms with Crippen LogP contribution >= 0.6 is 27.3 Å². The highest BCUT2D eigenvalue weighted by atomic mass is 79.9. The maximum atomic E-state index is 13.4. The number of benzene rings is 1. The van der Waals surface area contributed by atoms with Gasteiger partial charge in [0.05, 0.1) is 9.35 Å². The molecule has 0 unspecified atom stereocenters. The third-order valence-electron chi connectivity index (χ3n) is 6.23. The average molecular weight is 612 g/mol. The Morgan fingerprint density at radius 1 is 1.03 bits per heavy atom. The van der Waals surface area contributed by atoms with Crippen molar-refractivity contribution in [3.8, 4) is 16.2 Å². The second-order valence-electron chi connectivity index (χ2n) is 9.04. The molecule has 4 N–H and O–H groups in total. The Kier molecular flexibility index (Phi) is 11.0. The molecule has 1 aromatic carbocycles. The van der Waals surface area contributed by atoms with Gasteiger partial charge in [-0.05, 0) is 59.3 Å². The zero-order chi connectivity index (χ0) is 27.7. The van der Waals surface area contributed by atoms with Crippen LogP contribution in [0, 0.1) is 0 Å². The first-order valence-corrected chi connectivity index (χ1v) is 14.1. The Labute approximate surface area is 232 Å². The van der Waals surface area contributed by atoms with Gasteiger partial charge in [0, 0.05) is 24.7 Å². The first kappa shape index (κ1) is 29.4. The molecular weight excluding hydrogens is 580 g/mol. The topological polar surface area (TPSA) is 153 Å². The Hall–Kier alpha value is -3.12. The number of ether oxygens (including phenoxy) is 1. The summed E-state index contributed by atoms with van der Waals surface area (Å²) in [4.78, 5) is 49.0. The normalized spacial score (nSPS) is 13.6. The lowest BCUT2D eigenvalue weighted by molar-refractivity contribution is -0.139. The van der Waals surface area contributed by atoms with E-state index in [-0.39, 0.29) is 29.1 Å². The fourth-order valence-electron chi connectivity index (χ4n) is 4.47. The van der Waals surface area contributed by atoms with Gasteiger partial charge < -0.3 is 25.4 Å². The highest BCUT2D eigenvalue weighted by Crippen LogP contribution is 2.46. The molecule has 0 aliphatic heterocycles. The van der Waals surface area contributed by atoms with Crippen molar-refractivity contribution in [2.45, 2.75) is 63.8 Å². The molecule has 38 heavy (non-hydrogen) atoms. The van der Waals surface area contributed by atoms with Crippen LogP contribution < -0.4 is 15.0 Å². The van der Waals surface area contributed by atoms with Crippen molar-refractivity contribution in [1.29, 1.82) is 0 Å². The smallest absolute Gasteiger partial charge is 0.349 e. The van der Waals surface area contributed by atoms with Crippen LogP contribution in [0.1, 0.15) is 67.5 Å². The minimum absolute atomic E-state index is 0.0156. The van der Waals surface area contributed by atoms with Crippen LogP contribution in [-0.4, -0.2) is 58.5 Å². The Bertz CT molecular complexity index is 1160. The molecule has 0 saturated heterocycles. The van der Waals surface area contributed by atoms with Crippen LogP contribution in [0.15, 0.2) is 28.7 Å². The van der Waals surface area contributed by atoms with E-state index in [1.54, 1.807) is 17.0 Å². The first-order valence-electron chi connectivity index (χ1n) is 12.5. The number of halogens is 1. The van der Waals surface area contributed by atoms with E-state index < -0.39 is 24.5 Å². The number of aliphatic carboxylic acids is 2. The fraction of sp³-hybridized carbons (Fsp3) is 0.462. The molecule has 1 aliphatic carbocycles. The second kappa shape index (κ2) is 14.1. The number of nitrogens with one attached hydrogen (secondary N) is 1. The number of nitrogens with zero attached hydrogens (tertiary/aromatic N) is 1. The number of rotatable bonds is 13. The zero-order valence-corrected chi connectivity index (χ0v) is 23.2. The minimum atomic E-state index is -1.23. The van der Waals surface area contributed by atoms with E-state index in [4.69, 9.17) is 14.9 Å². The molecule has 1 aliphatic rings. The van der Waals surface area contributed by atoms with Crippen molar-refractivity contribution in [1.82, 2.24) is 5.32 Å². The van der Waals surface area contributed by atoms with E-state index in [0.29, 0.717) is 46.4 Å². The van der Waals surface area contributed by atoms with Gasteiger partial charge in [-0.25, -0.2) is 14.4 Å². The third kappa shape index (κ3) is 7.94. The molecule has 10 nitrogen and oxygen atoms in total. The van der Waals surface area contributed by atoms with Crippen molar-refractivity contribution in [2.75, 3.05) is 18.1 Å². The Balaban J connectivity index is 1.85. The van der Waals surface area contributed by atoms with E-state index in [2.05, 4.69) is 21.2 Å². The Morgan fingerprint density at radius 3 is 2.42 bits per heavy atom. The molecule has 0 bridgehead atoms. The van der Waals surface area contributed by atoms with Crippen molar-refractivity contribution < 1.29 is 39.2 Å². The summed E-state index contributed by atoms with van der Waals surface area (Å²) < 4.78 is 5.61. The predicted molar refractivity (Wildman–Crippen MR) is 146 cm³/mol. The molecule has 1 fully saturated rings. The third-order valence-corrected chi connectivity index (χ3v) is 8.46. The number of carbonyl (C=O) groups is 4. The van der Waals surface area contributed by atoms with Crippen molar-refractivity contribution >= 4 is 56.9 Å². The van der Waals surface area contributed by atoms with Crippen molar-refractivity contribution in [2.24, 2.45) is 0 Å². The average Bonchev–Trinajstić information content (AvgIpc) is 3.22.